The summed E-state index contributed by atoms with van der Waals surface area (Å²) in [5.74, 6) is 1.78. The molecule has 0 bridgehead atoms. The van der Waals surface area contributed by atoms with Gasteiger partial charge in [0, 0.05) is 35.4 Å². The minimum atomic E-state index is -0.758. The molecular weight excluding hydrogens is 270 g/mol. The van der Waals surface area contributed by atoms with Gasteiger partial charge in [0.1, 0.15) is 6.20 Å². The number of rotatable bonds is 4. The molecule has 2 heterocycles. The summed E-state index contributed by atoms with van der Waals surface area (Å²) in [6, 6.07) is 0.0657. The number of anilines is 2. The van der Waals surface area contributed by atoms with E-state index in [1.807, 2.05) is 0 Å². The molecule has 1 aromatic rings. The molecule has 0 aliphatic carbocycles. The van der Waals surface area contributed by atoms with E-state index in [9.17, 15) is 14.3 Å². The summed E-state index contributed by atoms with van der Waals surface area (Å²) in [6.07, 6.45) is 2.63. The predicted octanol–water partition coefficient (Wildman–Crippen LogP) is 0.749. The second-order valence-corrected chi connectivity index (χ2v) is 5.90. The molecule has 0 unspecified atom stereocenters. The summed E-state index contributed by atoms with van der Waals surface area (Å²) >= 11 is 0. The molecule has 1 aliphatic heterocycles. The molecule has 0 radical (unpaired) electrons. The lowest BCUT2D eigenvalue weighted by Gasteiger charge is -2.22. The Hall–Kier alpha value is -1.77. The smallest absolute Gasteiger partial charge is 0.329 e. The van der Waals surface area contributed by atoms with Crippen LogP contribution in [0, 0.1) is 10.1 Å². The van der Waals surface area contributed by atoms with E-state index in [1.165, 1.54) is 6.20 Å². The molecule has 0 spiro atoms. The van der Waals surface area contributed by atoms with Gasteiger partial charge >= 0.3 is 5.69 Å². The molecule has 2 N–H and O–H groups in total. The Morgan fingerprint density at radius 1 is 1.47 bits per heavy atom. The highest BCUT2D eigenvalue weighted by Crippen LogP contribution is 2.24. The van der Waals surface area contributed by atoms with E-state index in [0.717, 1.165) is 12.8 Å². The molecular formula is C10H15N5O3S. The second kappa shape index (κ2) is 5.91. The zero-order valence-corrected chi connectivity index (χ0v) is 11.3. The van der Waals surface area contributed by atoms with Gasteiger partial charge in [-0.15, -0.1) is 0 Å². The van der Waals surface area contributed by atoms with Crippen LogP contribution in [0.15, 0.2) is 6.20 Å². The number of nitrogens with zero attached hydrogens (tertiary/aromatic N) is 3. The van der Waals surface area contributed by atoms with Crippen LogP contribution in [-0.2, 0) is 10.8 Å². The van der Waals surface area contributed by atoms with Gasteiger partial charge in [0.05, 0.1) is 4.92 Å². The maximum Gasteiger partial charge on any atom is 0.329 e. The van der Waals surface area contributed by atoms with E-state index in [1.54, 1.807) is 7.05 Å². The van der Waals surface area contributed by atoms with Gasteiger partial charge in [0.2, 0.25) is 11.8 Å². The molecule has 0 amide bonds. The van der Waals surface area contributed by atoms with Crippen molar-refractivity contribution < 1.29 is 9.13 Å². The highest BCUT2D eigenvalue weighted by molar-refractivity contribution is 7.85. The molecule has 0 aromatic carbocycles. The first-order valence-corrected chi connectivity index (χ1v) is 7.39. The largest absolute Gasteiger partial charge is 0.361 e. The average molecular weight is 285 g/mol. The summed E-state index contributed by atoms with van der Waals surface area (Å²) in [5, 5.41) is 16.7. The molecule has 1 fully saturated rings. The first-order valence-electron chi connectivity index (χ1n) is 5.91. The van der Waals surface area contributed by atoms with Crippen LogP contribution in [0.3, 0.4) is 0 Å². The van der Waals surface area contributed by atoms with E-state index in [2.05, 4.69) is 20.6 Å². The minimum Gasteiger partial charge on any atom is -0.361 e. The zero-order chi connectivity index (χ0) is 13.8. The molecule has 1 saturated heterocycles. The van der Waals surface area contributed by atoms with Crippen LogP contribution in [0.2, 0.25) is 0 Å². The molecule has 8 nitrogen and oxygen atoms in total. The first kappa shape index (κ1) is 13.7. The summed E-state index contributed by atoms with van der Waals surface area (Å²) in [6.45, 7) is 0. The highest BCUT2D eigenvalue weighted by atomic mass is 32.2. The fraction of sp³-hybridized carbons (Fsp3) is 0.600. The SMILES string of the molecule is CNc1ncc([N+](=O)[O-])c(NC2CCS(=O)CC2)n1. The third kappa shape index (κ3) is 3.37. The second-order valence-electron chi connectivity index (χ2n) is 4.20. The van der Waals surface area contributed by atoms with Crippen molar-refractivity contribution >= 4 is 28.3 Å². The van der Waals surface area contributed by atoms with E-state index in [4.69, 9.17) is 0 Å². The van der Waals surface area contributed by atoms with E-state index in [0.29, 0.717) is 17.5 Å². The molecule has 2 rings (SSSR count). The van der Waals surface area contributed by atoms with Crippen LogP contribution in [0.5, 0.6) is 0 Å². The fourth-order valence-corrected chi connectivity index (χ4v) is 3.17. The topological polar surface area (TPSA) is 110 Å². The number of hydrogen-bond donors (Lipinski definition) is 2. The molecule has 104 valence electrons. The lowest BCUT2D eigenvalue weighted by molar-refractivity contribution is -0.384. The number of aromatic nitrogens is 2. The third-order valence-corrected chi connectivity index (χ3v) is 4.30. The Balaban J connectivity index is 2.17. The minimum absolute atomic E-state index is 0.0657. The van der Waals surface area contributed by atoms with Crippen LogP contribution >= 0.6 is 0 Å². The van der Waals surface area contributed by atoms with Crippen LogP contribution in [-0.4, -0.2) is 43.7 Å². The van der Waals surface area contributed by atoms with Gasteiger partial charge < -0.3 is 10.6 Å². The van der Waals surface area contributed by atoms with Crippen molar-refractivity contribution in [2.24, 2.45) is 0 Å². The monoisotopic (exact) mass is 285 g/mol. The van der Waals surface area contributed by atoms with Crippen molar-refractivity contribution in [2.45, 2.75) is 18.9 Å². The van der Waals surface area contributed by atoms with Gasteiger partial charge in [-0.05, 0) is 12.8 Å². The first-order chi connectivity index (χ1) is 9.10. The summed E-state index contributed by atoms with van der Waals surface area (Å²) < 4.78 is 11.3. The summed E-state index contributed by atoms with van der Waals surface area (Å²) in [4.78, 5) is 18.3. The van der Waals surface area contributed by atoms with Crippen molar-refractivity contribution in [1.29, 1.82) is 0 Å². The van der Waals surface area contributed by atoms with Crippen LogP contribution in [0.25, 0.3) is 0 Å². The molecule has 19 heavy (non-hydrogen) atoms. The van der Waals surface area contributed by atoms with Crippen molar-refractivity contribution in [3.05, 3.63) is 16.3 Å². The van der Waals surface area contributed by atoms with Crippen molar-refractivity contribution in [2.75, 3.05) is 29.2 Å². The number of nitro groups is 1. The van der Waals surface area contributed by atoms with E-state index in [-0.39, 0.29) is 17.5 Å². The summed E-state index contributed by atoms with van der Waals surface area (Å²) in [7, 11) is 0.890. The number of nitrogens with one attached hydrogen (secondary N) is 2. The van der Waals surface area contributed by atoms with Gasteiger partial charge in [-0.2, -0.15) is 4.98 Å². The Kier molecular flexibility index (Phi) is 4.25. The van der Waals surface area contributed by atoms with Gasteiger partial charge in [-0.3, -0.25) is 14.3 Å². The van der Waals surface area contributed by atoms with Crippen molar-refractivity contribution in [3.63, 3.8) is 0 Å². The lowest BCUT2D eigenvalue weighted by atomic mass is 10.1. The van der Waals surface area contributed by atoms with E-state index < -0.39 is 15.7 Å². The normalized spacial score (nSPS) is 22.8. The Morgan fingerprint density at radius 2 is 2.16 bits per heavy atom. The third-order valence-electron chi connectivity index (χ3n) is 2.92. The maximum absolute atomic E-state index is 11.3. The van der Waals surface area contributed by atoms with Gasteiger partial charge in [0.25, 0.3) is 0 Å². The Bertz CT molecular complexity index is 500. The molecule has 0 atom stereocenters. The average Bonchev–Trinajstić information content (AvgIpc) is 2.41. The van der Waals surface area contributed by atoms with Crippen LogP contribution < -0.4 is 10.6 Å². The fourth-order valence-electron chi connectivity index (χ4n) is 1.87. The van der Waals surface area contributed by atoms with Gasteiger partial charge in [0.15, 0.2) is 0 Å². The van der Waals surface area contributed by atoms with Crippen LogP contribution in [0.4, 0.5) is 17.5 Å². The Labute approximate surface area is 112 Å². The standard InChI is InChI=1S/C10H15N5O3S/c1-11-10-12-6-8(15(16)17)9(14-10)13-7-2-4-19(18)5-3-7/h6-7H,2-5H2,1H3,(H2,11,12,13,14). The van der Waals surface area contributed by atoms with Crippen molar-refractivity contribution in [1.82, 2.24) is 9.97 Å². The zero-order valence-electron chi connectivity index (χ0n) is 10.5. The van der Waals surface area contributed by atoms with Gasteiger partial charge in [-0.1, -0.05) is 0 Å². The van der Waals surface area contributed by atoms with Gasteiger partial charge in [-0.25, -0.2) is 4.98 Å². The quantitative estimate of drug-likeness (QED) is 0.620. The molecule has 1 aliphatic rings. The number of hydrogen-bond acceptors (Lipinski definition) is 7. The predicted molar refractivity (Wildman–Crippen MR) is 72.8 cm³/mol. The highest BCUT2D eigenvalue weighted by Gasteiger charge is 2.23. The molecule has 1 aromatic heterocycles. The summed E-state index contributed by atoms with van der Waals surface area (Å²) in [5.41, 5.74) is -0.148. The van der Waals surface area contributed by atoms with E-state index >= 15 is 0 Å². The maximum atomic E-state index is 11.3. The molecule has 0 saturated carbocycles. The van der Waals surface area contributed by atoms with Crippen LogP contribution in [0.1, 0.15) is 12.8 Å². The Morgan fingerprint density at radius 3 is 2.74 bits per heavy atom. The molecule has 9 heteroatoms. The van der Waals surface area contributed by atoms with Crippen molar-refractivity contribution in [3.8, 4) is 0 Å². The lowest BCUT2D eigenvalue weighted by Crippen LogP contribution is -2.30.